The van der Waals surface area contributed by atoms with E-state index in [1.807, 2.05) is 7.05 Å². The van der Waals surface area contributed by atoms with Gasteiger partial charge in [0.25, 0.3) is 0 Å². The summed E-state index contributed by atoms with van der Waals surface area (Å²) in [7, 11) is 1.98. The number of nitrogens with one attached hydrogen (secondary N) is 1. The lowest BCUT2D eigenvalue weighted by molar-refractivity contribution is 0.491. The molecule has 0 aromatic heterocycles. The minimum absolute atomic E-state index is 0.691. The van der Waals surface area contributed by atoms with Crippen LogP contribution in [0.4, 0.5) is 5.69 Å². The van der Waals surface area contributed by atoms with Crippen molar-refractivity contribution in [2.24, 2.45) is 5.92 Å². The van der Waals surface area contributed by atoms with Crippen LogP contribution in [-0.4, -0.2) is 19.6 Å². The first-order chi connectivity index (χ1) is 8.63. The molecule has 1 aromatic carbocycles. The quantitative estimate of drug-likeness (QED) is 0.910. The first kappa shape index (κ1) is 13.9. The fraction of sp³-hybridized carbons (Fsp3) is 0.600. The molecule has 1 fully saturated rings. The Kier molecular flexibility index (Phi) is 4.68. The fourth-order valence-electron chi connectivity index (χ4n) is 2.88. The molecule has 1 aliphatic rings. The third kappa shape index (κ3) is 2.89. The molecule has 0 radical (unpaired) electrons. The number of anilines is 1. The molecule has 18 heavy (non-hydrogen) atoms. The summed E-state index contributed by atoms with van der Waals surface area (Å²) < 4.78 is 1.22. The van der Waals surface area contributed by atoms with Crippen molar-refractivity contribution in [2.45, 2.75) is 39.3 Å². The summed E-state index contributed by atoms with van der Waals surface area (Å²) in [5.41, 5.74) is 2.68. The zero-order valence-electron chi connectivity index (χ0n) is 11.5. The Morgan fingerprint density at radius 2 is 2.22 bits per heavy atom. The molecule has 1 saturated heterocycles. The van der Waals surface area contributed by atoms with E-state index in [1.54, 1.807) is 0 Å². The molecule has 0 amide bonds. The maximum Gasteiger partial charge on any atom is 0.0513 e. The lowest BCUT2D eigenvalue weighted by atomic mass is 10.0. The molecule has 3 heteroatoms. The molecular formula is C15H23BrN2. The van der Waals surface area contributed by atoms with Crippen LogP contribution < -0.4 is 10.2 Å². The molecule has 1 unspecified atom stereocenters. The van der Waals surface area contributed by atoms with E-state index >= 15 is 0 Å². The Hall–Kier alpha value is -0.540. The van der Waals surface area contributed by atoms with Crippen LogP contribution in [0.3, 0.4) is 0 Å². The predicted octanol–water partition coefficient (Wildman–Crippen LogP) is 3.79. The van der Waals surface area contributed by atoms with Crippen molar-refractivity contribution in [3.63, 3.8) is 0 Å². The van der Waals surface area contributed by atoms with Crippen molar-refractivity contribution >= 4 is 21.6 Å². The van der Waals surface area contributed by atoms with E-state index in [9.17, 15) is 0 Å². The van der Waals surface area contributed by atoms with E-state index in [0.717, 1.165) is 12.5 Å². The van der Waals surface area contributed by atoms with Crippen molar-refractivity contribution in [1.29, 1.82) is 0 Å². The molecule has 1 N–H and O–H groups in total. The van der Waals surface area contributed by atoms with Crippen molar-refractivity contribution in [3.05, 3.63) is 28.2 Å². The van der Waals surface area contributed by atoms with Gasteiger partial charge in [-0.25, -0.2) is 0 Å². The van der Waals surface area contributed by atoms with Gasteiger partial charge in [-0.1, -0.05) is 19.9 Å². The molecule has 1 atom stereocenters. The Morgan fingerprint density at radius 3 is 2.83 bits per heavy atom. The third-order valence-electron chi connectivity index (χ3n) is 3.77. The second-order valence-electron chi connectivity index (χ2n) is 5.46. The number of hydrogen-bond donors (Lipinski definition) is 1. The van der Waals surface area contributed by atoms with Crippen molar-refractivity contribution in [2.75, 3.05) is 18.5 Å². The van der Waals surface area contributed by atoms with Crippen LogP contribution in [0.25, 0.3) is 0 Å². The number of benzene rings is 1. The molecule has 0 saturated carbocycles. The Morgan fingerprint density at radius 1 is 1.44 bits per heavy atom. The summed E-state index contributed by atoms with van der Waals surface area (Å²) in [6, 6.07) is 7.42. The molecule has 2 rings (SSSR count). The lowest BCUT2D eigenvalue weighted by Gasteiger charge is -2.30. The van der Waals surface area contributed by atoms with Crippen LogP contribution in [-0.2, 0) is 6.54 Å². The SMILES string of the molecule is CNCc1ccc(N2CCCC2C(C)C)c(Br)c1. The average Bonchev–Trinajstić information content (AvgIpc) is 2.78. The highest BCUT2D eigenvalue weighted by Gasteiger charge is 2.28. The van der Waals surface area contributed by atoms with Gasteiger partial charge in [0, 0.05) is 23.6 Å². The highest BCUT2D eigenvalue weighted by molar-refractivity contribution is 9.10. The van der Waals surface area contributed by atoms with Gasteiger partial charge in [-0.2, -0.15) is 0 Å². The lowest BCUT2D eigenvalue weighted by Crippen LogP contribution is -2.33. The minimum Gasteiger partial charge on any atom is -0.367 e. The molecular weight excluding hydrogens is 288 g/mol. The number of nitrogens with zero attached hydrogens (tertiary/aromatic N) is 1. The summed E-state index contributed by atoms with van der Waals surface area (Å²) in [6.07, 6.45) is 2.63. The minimum atomic E-state index is 0.691. The van der Waals surface area contributed by atoms with Crippen molar-refractivity contribution in [3.8, 4) is 0 Å². The van der Waals surface area contributed by atoms with Gasteiger partial charge in [-0.05, 0) is 59.4 Å². The van der Waals surface area contributed by atoms with E-state index in [1.165, 1.54) is 35.1 Å². The fourth-order valence-corrected chi connectivity index (χ4v) is 3.54. The number of hydrogen-bond acceptors (Lipinski definition) is 2. The molecule has 1 aromatic rings. The maximum atomic E-state index is 3.73. The van der Waals surface area contributed by atoms with Crippen LogP contribution >= 0.6 is 15.9 Å². The highest BCUT2D eigenvalue weighted by Crippen LogP contribution is 2.35. The largest absolute Gasteiger partial charge is 0.367 e. The van der Waals surface area contributed by atoms with Gasteiger partial charge in [-0.15, -0.1) is 0 Å². The first-order valence-corrected chi connectivity index (χ1v) is 7.62. The van der Waals surface area contributed by atoms with Crippen LogP contribution in [0.1, 0.15) is 32.3 Å². The Bertz CT molecular complexity index is 403. The van der Waals surface area contributed by atoms with Crippen LogP contribution in [0.15, 0.2) is 22.7 Å². The average molecular weight is 311 g/mol. The standard InChI is InChI=1S/C15H23BrN2/c1-11(2)14-5-4-8-18(14)15-7-6-12(10-17-3)9-13(15)16/h6-7,9,11,14,17H,4-5,8,10H2,1-3H3. The molecule has 0 bridgehead atoms. The molecule has 1 aliphatic heterocycles. The normalized spacial score (nSPS) is 19.8. The first-order valence-electron chi connectivity index (χ1n) is 6.83. The Labute approximate surface area is 119 Å². The van der Waals surface area contributed by atoms with E-state index in [0.29, 0.717) is 6.04 Å². The number of halogens is 1. The van der Waals surface area contributed by atoms with Gasteiger partial charge in [0.1, 0.15) is 0 Å². The second-order valence-corrected chi connectivity index (χ2v) is 6.32. The predicted molar refractivity (Wildman–Crippen MR) is 82.1 cm³/mol. The zero-order chi connectivity index (χ0) is 13.1. The van der Waals surface area contributed by atoms with Gasteiger partial charge in [0.15, 0.2) is 0 Å². The van der Waals surface area contributed by atoms with Crippen LogP contribution in [0.2, 0.25) is 0 Å². The summed E-state index contributed by atoms with van der Waals surface area (Å²) in [6.45, 7) is 6.76. The van der Waals surface area contributed by atoms with Gasteiger partial charge in [0.2, 0.25) is 0 Å². The monoisotopic (exact) mass is 310 g/mol. The topological polar surface area (TPSA) is 15.3 Å². The molecule has 0 aliphatic carbocycles. The third-order valence-corrected chi connectivity index (χ3v) is 4.41. The summed E-state index contributed by atoms with van der Waals surface area (Å²) >= 11 is 3.73. The molecule has 1 heterocycles. The zero-order valence-corrected chi connectivity index (χ0v) is 13.1. The van der Waals surface area contributed by atoms with E-state index in [-0.39, 0.29) is 0 Å². The molecule has 0 spiro atoms. The summed E-state index contributed by atoms with van der Waals surface area (Å²) in [5.74, 6) is 0.719. The van der Waals surface area contributed by atoms with Crippen LogP contribution in [0, 0.1) is 5.92 Å². The Balaban J connectivity index is 2.22. The van der Waals surface area contributed by atoms with Gasteiger partial charge in [0.05, 0.1) is 5.69 Å². The number of rotatable bonds is 4. The van der Waals surface area contributed by atoms with Crippen molar-refractivity contribution in [1.82, 2.24) is 5.32 Å². The molecule has 2 nitrogen and oxygen atoms in total. The summed E-state index contributed by atoms with van der Waals surface area (Å²) in [4.78, 5) is 2.57. The van der Waals surface area contributed by atoms with E-state index in [4.69, 9.17) is 0 Å². The van der Waals surface area contributed by atoms with Gasteiger partial charge >= 0.3 is 0 Å². The van der Waals surface area contributed by atoms with E-state index in [2.05, 4.69) is 58.2 Å². The van der Waals surface area contributed by atoms with E-state index < -0.39 is 0 Å². The highest BCUT2D eigenvalue weighted by atomic mass is 79.9. The van der Waals surface area contributed by atoms with Crippen LogP contribution in [0.5, 0.6) is 0 Å². The van der Waals surface area contributed by atoms with Gasteiger partial charge in [-0.3, -0.25) is 0 Å². The smallest absolute Gasteiger partial charge is 0.0513 e. The molecule has 100 valence electrons. The van der Waals surface area contributed by atoms with Crippen molar-refractivity contribution < 1.29 is 0 Å². The van der Waals surface area contributed by atoms with Gasteiger partial charge < -0.3 is 10.2 Å². The summed E-state index contributed by atoms with van der Waals surface area (Å²) in [5, 5.41) is 3.19. The maximum absolute atomic E-state index is 3.73. The second kappa shape index (κ2) is 6.07.